The fourth-order valence-corrected chi connectivity index (χ4v) is 5.19. The second kappa shape index (κ2) is 9.74. The van der Waals surface area contributed by atoms with Crippen molar-refractivity contribution >= 4 is 5.82 Å². The van der Waals surface area contributed by atoms with Crippen molar-refractivity contribution < 1.29 is 0 Å². The van der Waals surface area contributed by atoms with Gasteiger partial charge in [-0.25, -0.2) is 9.97 Å². The van der Waals surface area contributed by atoms with Crippen LogP contribution in [0, 0.1) is 5.92 Å². The number of hydrogen-bond donors (Lipinski definition) is 0. The van der Waals surface area contributed by atoms with Crippen LogP contribution < -0.4 is 4.90 Å². The fourth-order valence-electron chi connectivity index (χ4n) is 5.19. The van der Waals surface area contributed by atoms with Crippen LogP contribution in [-0.2, 0) is 13.0 Å². The smallest absolute Gasteiger partial charge is 0.135 e. The van der Waals surface area contributed by atoms with E-state index in [4.69, 9.17) is 9.97 Å². The minimum absolute atomic E-state index is 0.336. The predicted octanol–water partition coefficient (Wildman–Crippen LogP) is 4.36. The zero-order chi connectivity index (χ0) is 21.0. The maximum atomic E-state index is 4.76. The first-order chi connectivity index (χ1) is 13.9. The molecule has 0 amide bonds. The Balaban J connectivity index is 1.68. The van der Waals surface area contributed by atoms with Gasteiger partial charge < -0.3 is 4.90 Å². The summed E-state index contributed by atoms with van der Waals surface area (Å²) in [5, 5.41) is 0. The van der Waals surface area contributed by atoms with E-state index in [0.717, 1.165) is 51.6 Å². The van der Waals surface area contributed by atoms with Crippen LogP contribution in [0.1, 0.15) is 78.5 Å². The van der Waals surface area contributed by atoms with E-state index in [2.05, 4.69) is 56.2 Å². The van der Waals surface area contributed by atoms with Crippen LogP contribution in [0.2, 0.25) is 0 Å². The van der Waals surface area contributed by atoms with Crippen LogP contribution in [0.3, 0.4) is 0 Å². The third-order valence-corrected chi connectivity index (χ3v) is 8.02. The molecule has 164 valence electrons. The summed E-state index contributed by atoms with van der Waals surface area (Å²) in [6.45, 7) is 20.7. The Bertz CT molecular complexity index is 649. The van der Waals surface area contributed by atoms with Gasteiger partial charge >= 0.3 is 0 Å². The highest BCUT2D eigenvalue weighted by molar-refractivity contribution is 5.50. The van der Waals surface area contributed by atoms with E-state index in [1.165, 1.54) is 42.8 Å². The first kappa shape index (κ1) is 22.5. The maximum absolute atomic E-state index is 4.76. The van der Waals surface area contributed by atoms with Crippen LogP contribution >= 0.6 is 0 Å². The number of rotatable bonds is 8. The summed E-state index contributed by atoms with van der Waals surface area (Å²) in [7, 11) is 0. The summed E-state index contributed by atoms with van der Waals surface area (Å²) < 4.78 is 0. The summed E-state index contributed by atoms with van der Waals surface area (Å²) in [6.07, 6.45) is 7.89. The molecule has 3 heterocycles. The molecule has 5 heteroatoms. The molecule has 1 saturated heterocycles. The number of fused-ring (bicyclic) bond motifs is 1. The van der Waals surface area contributed by atoms with Crippen LogP contribution in [0.4, 0.5) is 5.82 Å². The van der Waals surface area contributed by atoms with Gasteiger partial charge in [0.15, 0.2) is 0 Å². The number of piperazine rings is 1. The van der Waals surface area contributed by atoms with Crippen molar-refractivity contribution in [1.82, 2.24) is 19.8 Å². The topological polar surface area (TPSA) is 35.5 Å². The monoisotopic (exact) mass is 401 g/mol. The first-order valence-electron chi connectivity index (χ1n) is 12.0. The minimum Gasteiger partial charge on any atom is -0.354 e. The molecule has 2 unspecified atom stereocenters. The number of nitrogens with zero attached hydrogens (tertiary/aromatic N) is 5. The molecule has 5 nitrogen and oxygen atoms in total. The Morgan fingerprint density at radius 2 is 1.69 bits per heavy atom. The van der Waals surface area contributed by atoms with Gasteiger partial charge in [-0.1, -0.05) is 34.1 Å². The van der Waals surface area contributed by atoms with Gasteiger partial charge in [0.1, 0.15) is 12.1 Å². The van der Waals surface area contributed by atoms with Crippen molar-refractivity contribution in [1.29, 1.82) is 0 Å². The SMILES string of the molecule is CCCC(C)C(C)N1CCc2c(ncnc2N2CCN(C(C)(CC)CC)CC2)C1. The quantitative estimate of drug-likeness (QED) is 0.647. The Morgan fingerprint density at radius 1 is 1.00 bits per heavy atom. The van der Waals surface area contributed by atoms with Crippen LogP contribution in [-0.4, -0.2) is 64.1 Å². The molecule has 2 aliphatic rings. The van der Waals surface area contributed by atoms with Crippen molar-refractivity contribution in [2.24, 2.45) is 5.92 Å². The summed E-state index contributed by atoms with van der Waals surface area (Å²) in [4.78, 5) is 17.3. The van der Waals surface area contributed by atoms with Crippen LogP contribution in [0.15, 0.2) is 6.33 Å². The molecule has 3 rings (SSSR count). The normalized spacial score (nSPS) is 21.1. The lowest BCUT2D eigenvalue weighted by atomic mass is 9.92. The Labute approximate surface area is 178 Å². The minimum atomic E-state index is 0.336. The lowest BCUT2D eigenvalue weighted by Crippen LogP contribution is -2.56. The summed E-state index contributed by atoms with van der Waals surface area (Å²) in [5.41, 5.74) is 3.00. The third kappa shape index (κ3) is 4.77. The summed E-state index contributed by atoms with van der Waals surface area (Å²) >= 11 is 0. The molecule has 1 fully saturated rings. The van der Waals surface area contributed by atoms with Gasteiger partial charge in [0.05, 0.1) is 5.69 Å². The molecular weight excluding hydrogens is 358 g/mol. The largest absolute Gasteiger partial charge is 0.354 e. The van der Waals surface area contributed by atoms with Crippen LogP contribution in [0.25, 0.3) is 0 Å². The average molecular weight is 402 g/mol. The molecule has 0 aliphatic carbocycles. The van der Waals surface area contributed by atoms with Gasteiger partial charge in [0.25, 0.3) is 0 Å². The number of anilines is 1. The fraction of sp³-hybridized carbons (Fsp3) is 0.833. The van der Waals surface area contributed by atoms with Crippen LogP contribution in [0.5, 0.6) is 0 Å². The maximum Gasteiger partial charge on any atom is 0.135 e. The summed E-state index contributed by atoms with van der Waals surface area (Å²) in [5.74, 6) is 1.95. The molecule has 0 spiro atoms. The molecule has 0 N–H and O–H groups in total. The van der Waals surface area contributed by atoms with E-state index < -0.39 is 0 Å². The molecule has 2 atom stereocenters. The Morgan fingerprint density at radius 3 is 2.31 bits per heavy atom. The van der Waals surface area contributed by atoms with Gasteiger partial charge in [0.2, 0.25) is 0 Å². The van der Waals surface area contributed by atoms with Crippen molar-refractivity contribution in [3.05, 3.63) is 17.6 Å². The van der Waals surface area contributed by atoms with E-state index in [1.54, 1.807) is 6.33 Å². The molecule has 0 radical (unpaired) electrons. The highest BCUT2D eigenvalue weighted by Gasteiger charge is 2.33. The molecule has 0 saturated carbocycles. The number of aromatic nitrogens is 2. The van der Waals surface area contributed by atoms with E-state index in [9.17, 15) is 0 Å². The molecular formula is C24H43N5. The van der Waals surface area contributed by atoms with Gasteiger partial charge in [-0.05, 0) is 45.4 Å². The van der Waals surface area contributed by atoms with Gasteiger partial charge in [0, 0.05) is 56.4 Å². The third-order valence-electron chi connectivity index (χ3n) is 8.02. The van der Waals surface area contributed by atoms with Crippen molar-refractivity contribution in [2.45, 2.75) is 91.8 Å². The van der Waals surface area contributed by atoms with Crippen molar-refractivity contribution in [3.8, 4) is 0 Å². The molecule has 0 aromatic carbocycles. The van der Waals surface area contributed by atoms with Gasteiger partial charge in [-0.2, -0.15) is 0 Å². The molecule has 0 bridgehead atoms. The highest BCUT2D eigenvalue weighted by Crippen LogP contribution is 2.30. The van der Waals surface area contributed by atoms with Crippen molar-refractivity contribution in [2.75, 3.05) is 37.6 Å². The van der Waals surface area contributed by atoms with Gasteiger partial charge in [-0.3, -0.25) is 9.80 Å². The second-order valence-corrected chi connectivity index (χ2v) is 9.53. The lowest BCUT2D eigenvalue weighted by molar-refractivity contribution is 0.0875. The molecule has 1 aromatic heterocycles. The second-order valence-electron chi connectivity index (χ2n) is 9.53. The predicted molar refractivity (Wildman–Crippen MR) is 122 cm³/mol. The molecule has 1 aromatic rings. The van der Waals surface area contributed by atoms with Crippen molar-refractivity contribution in [3.63, 3.8) is 0 Å². The van der Waals surface area contributed by atoms with E-state index in [0.29, 0.717) is 11.6 Å². The van der Waals surface area contributed by atoms with Gasteiger partial charge in [-0.15, -0.1) is 0 Å². The number of hydrogen-bond acceptors (Lipinski definition) is 5. The molecule has 29 heavy (non-hydrogen) atoms. The standard InChI is InChI=1S/C24H43N5/c1-7-10-19(4)20(5)28-12-11-21-22(17-28)25-18-26-23(21)27-13-15-29(16-14-27)24(6,8-2)9-3/h18-20H,7-17H2,1-6H3. The lowest BCUT2D eigenvalue weighted by Gasteiger charge is -2.46. The zero-order valence-corrected chi connectivity index (χ0v) is 19.7. The summed E-state index contributed by atoms with van der Waals surface area (Å²) in [6, 6.07) is 0.617. The van der Waals surface area contributed by atoms with E-state index in [1.807, 2.05) is 0 Å². The first-order valence-corrected chi connectivity index (χ1v) is 12.0. The highest BCUT2D eigenvalue weighted by atomic mass is 15.3. The molecule has 2 aliphatic heterocycles. The average Bonchev–Trinajstić information content (AvgIpc) is 2.77. The Kier molecular flexibility index (Phi) is 7.55. The Hall–Kier alpha value is -1.20. The van der Waals surface area contributed by atoms with E-state index in [-0.39, 0.29) is 0 Å². The zero-order valence-electron chi connectivity index (χ0n) is 19.7. The van der Waals surface area contributed by atoms with E-state index >= 15 is 0 Å².